The molecule has 1 aliphatic heterocycles. The summed E-state index contributed by atoms with van der Waals surface area (Å²) >= 11 is 0. The van der Waals surface area contributed by atoms with Crippen LogP contribution in [0.2, 0.25) is 0 Å². The molecule has 7 heteroatoms. The number of hydrogen-bond acceptors (Lipinski definition) is 4. The fourth-order valence-electron chi connectivity index (χ4n) is 3.24. The van der Waals surface area contributed by atoms with Crippen molar-refractivity contribution >= 4 is 28.6 Å². The van der Waals surface area contributed by atoms with Gasteiger partial charge in [-0.15, -0.1) is 0 Å². The summed E-state index contributed by atoms with van der Waals surface area (Å²) in [5, 5.41) is 9.10. The molecule has 0 aliphatic carbocycles. The summed E-state index contributed by atoms with van der Waals surface area (Å²) in [6, 6.07) is 9.67. The number of urea groups is 1. The van der Waals surface area contributed by atoms with Crippen LogP contribution in [-0.2, 0) is 19.9 Å². The number of fused-ring (bicyclic) bond motifs is 2. The standard InChI is InChI=1S/C19H22N6O/c1-25-12-22-17-15(5-2-6-16(17)25)24-19(26)21-11-9-14-8-7-13-4-3-10-20-18(13)23-14/h2,5-8,12H,3-4,9-11H2,1H3,(H,20,23)(H2,21,24,26). The number of anilines is 2. The Morgan fingerprint density at radius 1 is 1.31 bits per heavy atom. The quantitative estimate of drug-likeness (QED) is 0.675. The molecule has 0 bridgehead atoms. The minimum Gasteiger partial charge on any atom is -0.370 e. The number of pyridine rings is 1. The second-order valence-corrected chi connectivity index (χ2v) is 6.50. The van der Waals surface area contributed by atoms with Gasteiger partial charge in [-0.2, -0.15) is 0 Å². The van der Waals surface area contributed by atoms with Crippen molar-refractivity contribution in [1.82, 2.24) is 19.9 Å². The van der Waals surface area contributed by atoms with Gasteiger partial charge < -0.3 is 20.5 Å². The van der Waals surface area contributed by atoms with E-state index in [1.165, 1.54) is 5.56 Å². The number of benzene rings is 1. The van der Waals surface area contributed by atoms with E-state index in [0.717, 1.165) is 41.9 Å². The lowest BCUT2D eigenvalue weighted by Gasteiger charge is -2.17. The minimum absolute atomic E-state index is 0.237. The third-order valence-electron chi connectivity index (χ3n) is 4.62. The van der Waals surface area contributed by atoms with Gasteiger partial charge in [0.05, 0.1) is 17.5 Å². The Labute approximate surface area is 151 Å². The van der Waals surface area contributed by atoms with Gasteiger partial charge in [0.15, 0.2) is 0 Å². The maximum Gasteiger partial charge on any atom is 0.319 e. The van der Waals surface area contributed by atoms with Crippen LogP contribution in [0.5, 0.6) is 0 Å². The zero-order valence-corrected chi connectivity index (χ0v) is 14.7. The van der Waals surface area contributed by atoms with Crippen LogP contribution in [0.3, 0.4) is 0 Å². The Morgan fingerprint density at radius 2 is 2.23 bits per heavy atom. The van der Waals surface area contributed by atoms with E-state index in [4.69, 9.17) is 0 Å². The van der Waals surface area contributed by atoms with Gasteiger partial charge >= 0.3 is 6.03 Å². The number of aryl methyl sites for hydroxylation is 2. The van der Waals surface area contributed by atoms with Crippen molar-refractivity contribution in [2.75, 3.05) is 23.7 Å². The second-order valence-electron chi connectivity index (χ2n) is 6.50. The summed E-state index contributed by atoms with van der Waals surface area (Å²) in [5.41, 5.74) is 4.72. The van der Waals surface area contributed by atoms with Gasteiger partial charge in [-0.1, -0.05) is 12.1 Å². The second kappa shape index (κ2) is 7.03. The first-order chi connectivity index (χ1) is 12.7. The average molecular weight is 350 g/mol. The van der Waals surface area contributed by atoms with Crippen LogP contribution in [0, 0.1) is 0 Å². The highest BCUT2D eigenvalue weighted by Crippen LogP contribution is 2.21. The van der Waals surface area contributed by atoms with Crippen LogP contribution < -0.4 is 16.0 Å². The molecule has 0 atom stereocenters. The number of hydrogen-bond donors (Lipinski definition) is 3. The van der Waals surface area contributed by atoms with Gasteiger partial charge in [-0.25, -0.2) is 14.8 Å². The number of rotatable bonds is 4. The molecule has 3 aromatic rings. The van der Waals surface area contributed by atoms with Crippen LogP contribution in [0.1, 0.15) is 17.7 Å². The predicted molar refractivity (Wildman–Crippen MR) is 102 cm³/mol. The topological polar surface area (TPSA) is 83.9 Å². The highest BCUT2D eigenvalue weighted by molar-refractivity contribution is 5.98. The summed E-state index contributed by atoms with van der Waals surface area (Å²) in [6.45, 7) is 1.50. The first kappa shape index (κ1) is 16.4. The van der Waals surface area contributed by atoms with Gasteiger partial charge in [0, 0.05) is 32.3 Å². The molecule has 0 spiro atoms. The zero-order chi connectivity index (χ0) is 17.9. The van der Waals surface area contributed by atoms with Crippen molar-refractivity contribution in [3.05, 3.63) is 47.9 Å². The lowest BCUT2D eigenvalue weighted by molar-refractivity contribution is 0.252. The first-order valence-electron chi connectivity index (χ1n) is 8.88. The first-order valence-corrected chi connectivity index (χ1v) is 8.88. The summed E-state index contributed by atoms with van der Waals surface area (Å²) < 4.78 is 1.92. The summed E-state index contributed by atoms with van der Waals surface area (Å²) in [4.78, 5) is 21.2. The monoisotopic (exact) mass is 350 g/mol. The molecule has 0 unspecified atom stereocenters. The number of nitrogens with zero attached hydrogens (tertiary/aromatic N) is 3. The Balaban J connectivity index is 1.34. The van der Waals surface area contributed by atoms with E-state index in [-0.39, 0.29) is 6.03 Å². The Hall–Kier alpha value is -3.09. The molecule has 1 aliphatic rings. The highest BCUT2D eigenvalue weighted by atomic mass is 16.2. The van der Waals surface area contributed by atoms with Gasteiger partial charge in [-0.05, 0) is 36.6 Å². The molecule has 4 rings (SSSR count). The van der Waals surface area contributed by atoms with Crippen molar-refractivity contribution in [2.24, 2.45) is 7.05 Å². The number of para-hydroxylation sites is 1. The zero-order valence-electron chi connectivity index (χ0n) is 14.7. The number of carbonyl (C=O) groups is 1. The molecule has 3 N–H and O–H groups in total. The van der Waals surface area contributed by atoms with Gasteiger partial charge in [0.1, 0.15) is 11.3 Å². The molecule has 2 aromatic heterocycles. The number of carbonyl (C=O) groups excluding carboxylic acids is 1. The number of nitrogens with one attached hydrogen (secondary N) is 3. The Kier molecular flexibility index (Phi) is 4.43. The molecule has 1 aromatic carbocycles. The molecule has 3 heterocycles. The number of imidazole rings is 1. The molecule has 0 saturated heterocycles. The van der Waals surface area contributed by atoms with E-state index >= 15 is 0 Å². The van der Waals surface area contributed by atoms with Crippen molar-refractivity contribution in [3.63, 3.8) is 0 Å². The van der Waals surface area contributed by atoms with Crippen molar-refractivity contribution in [2.45, 2.75) is 19.3 Å². The lowest BCUT2D eigenvalue weighted by atomic mass is 10.1. The van der Waals surface area contributed by atoms with E-state index in [0.29, 0.717) is 18.7 Å². The molecular weight excluding hydrogens is 328 g/mol. The molecule has 26 heavy (non-hydrogen) atoms. The predicted octanol–water partition coefficient (Wildman–Crippen LogP) is 2.69. The number of amides is 2. The van der Waals surface area contributed by atoms with Crippen LogP contribution in [0.4, 0.5) is 16.3 Å². The third kappa shape index (κ3) is 3.33. The molecule has 134 valence electrons. The summed E-state index contributed by atoms with van der Waals surface area (Å²) in [5.74, 6) is 0.986. The Morgan fingerprint density at radius 3 is 3.15 bits per heavy atom. The van der Waals surface area contributed by atoms with E-state index in [2.05, 4.69) is 32.0 Å². The highest BCUT2D eigenvalue weighted by Gasteiger charge is 2.11. The molecule has 0 fully saturated rings. The maximum atomic E-state index is 12.2. The van der Waals surface area contributed by atoms with Crippen LogP contribution in [0.15, 0.2) is 36.7 Å². The van der Waals surface area contributed by atoms with Crippen LogP contribution in [0.25, 0.3) is 11.0 Å². The van der Waals surface area contributed by atoms with Crippen LogP contribution in [-0.4, -0.2) is 33.7 Å². The van der Waals surface area contributed by atoms with Gasteiger partial charge in [0.2, 0.25) is 0 Å². The molecule has 0 radical (unpaired) electrons. The van der Waals surface area contributed by atoms with E-state index in [1.54, 1.807) is 6.33 Å². The fourth-order valence-corrected chi connectivity index (χ4v) is 3.24. The number of aromatic nitrogens is 3. The van der Waals surface area contributed by atoms with Crippen molar-refractivity contribution < 1.29 is 4.79 Å². The van der Waals surface area contributed by atoms with Gasteiger partial charge in [0.25, 0.3) is 0 Å². The Bertz CT molecular complexity index is 948. The van der Waals surface area contributed by atoms with Crippen LogP contribution >= 0.6 is 0 Å². The summed E-state index contributed by atoms with van der Waals surface area (Å²) in [7, 11) is 1.93. The normalized spacial score (nSPS) is 13.1. The maximum absolute atomic E-state index is 12.2. The van der Waals surface area contributed by atoms with E-state index in [9.17, 15) is 4.79 Å². The van der Waals surface area contributed by atoms with Crippen molar-refractivity contribution in [1.29, 1.82) is 0 Å². The smallest absolute Gasteiger partial charge is 0.319 e. The third-order valence-corrected chi connectivity index (χ3v) is 4.62. The summed E-state index contributed by atoms with van der Waals surface area (Å²) in [6.07, 6.45) is 4.66. The van der Waals surface area contributed by atoms with Gasteiger partial charge in [-0.3, -0.25) is 0 Å². The molecular formula is C19H22N6O. The molecule has 7 nitrogen and oxygen atoms in total. The average Bonchev–Trinajstić information content (AvgIpc) is 3.04. The largest absolute Gasteiger partial charge is 0.370 e. The van der Waals surface area contributed by atoms with Crippen molar-refractivity contribution in [3.8, 4) is 0 Å². The fraction of sp³-hybridized carbons (Fsp3) is 0.316. The minimum atomic E-state index is -0.237. The van der Waals surface area contributed by atoms with E-state index in [1.807, 2.05) is 35.9 Å². The van der Waals surface area contributed by atoms with E-state index < -0.39 is 0 Å². The molecule has 0 saturated carbocycles. The molecule has 2 amide bonds. The lowest BCUT2D eigenvalue weighted by Crippen LogP contribution is -2.30. The SMILES string of the molecule is Cn1cnc2c(NC(=O)NCCc3ccc4c(n3)NCCC4)cccc21.